The van der Waals surface area contributed by atoms with E-state index in [1.807, 2.05) is 0 Å². The Labute approximate surface area is 112 Å². The van der Waals surface area contributed by atoms with Gasteiger partial charge >= 0.3 is 12.0 Å². The lowest BCUT2D eigenvalue weighted by Crippen LogP contribution is -2.50. The predicted molar refractivity (Wildman–Crippen MR) is 68.6 cm³/mol. The molecule has 0 saturated carbocycles. The van der Waals surface area contributed by atoms with Gasteiger partial charge in [0.05, 0.1) is 5.92 Å². The van der Waals surface area contributed by atoms with Gasteiger partial charge < -0.3 is 20.6 Å². The second-order valence-corrected chi connectivity index (χ2v) is 4.85. The van der Waals surface area contributed by atoms with Gasteiger partial charge in [-0.3, -0.25) is 9.59 Å². The molecule has 0 aliphatic carbocycles. The summed E-state index contributed by atoms with van der Waals surface area (Å²) in [5.41, 5.74) is 0. The molecule has 2 unspecified atom stereocenters. The third kappa shape index (κ3) is 4.76. The van der Waals surface area contributed by atoms with E-state index in [1.165, 1.54) is 6.92 Å². The number of carboxylic acids is 1. The molecular formula is C12H21N3O4. The Morgan fingerprint density at radius 2 is 1.79 bits per heavy atom. The third-order valence-electron chi connectivity index (χ3n) is 3.13. The Balaban J connectivity index is 2.30. The molecule has 0 aromatic carbocycles. The molecule has 19 heavy (non-hydrogen) atoms. The molecule has 1 rings (SSSR count). The van der Waals surface area contributed by atoms with Crippen LogP contribution in [0.3, 0.4) is 0 Å². The van der Waals surface area contributed by atoms with Crippen LogP contribution in [0.5, 0.6) is 0 Å². The summed E-state index contributed by atoms with van der Waals surface area (Å²) in [4.78, 5) is 35.7. The van der Waals surface area contributed by atoms with Gasteiger partial charge in [0.15, 0.2) is 0 Å². The zero-order valence-corrected chi connectivity index (χ0v) is 11.3. The lowest BCUT2D eigenvalue weighted by Gasteiger charge is -2.21. The first kappa shape index (κ1) is 15.3. The Morgan fingerprint density at radius 1 is 1.21 bits per heavy atom. The van der Waals surface area contributed by atoms with E-state index in [2.05, 4.69) is 10.6 Å². The number of hydrogen-bond donors (Lipinski definition) is 3. The van der Waals surface area contributed by atoms with Crippen LogP contribution >= 0.6 is 0 Å². The zero-order chi connectivity index (χ0) is 14.4. The van der Waals surface area contributed by atoms with Gasteiger partial charge in [0.25, 0.3) is 0 Å². The molecule has 108 valence electrons. The van der Waals surface area contributed by atoms with Crippen LogP contribution in [-0.4, -0.2) is 53.6 Å². The molecule has 1 heterocycles. The van der Waals surface area contributed by atoms with Crippen LogP contribution in [0.2, 0.25) is 0 Å². The molecule has 7 nitrogen and oxygen atoms in total. The van der Waals surface area contributed by atoms with Gasteiger partial charge in [0.1, 0.15) is 6.04 Å². The molecule has 0 aromatic rings. The second kappa shape index (κ2) is 6.96. The lowest BCUT2D eigenvalue weighted by atomic mass is 10.2. The van der Waals surface area contributed by atoms with Crippen molar-refractivity contribution in [3.63, 3.8) is 0 Å². The smallest absolute Gasteiger partial charge is 0.315 e. The van der Waals surface area contributed by atoms with Crippen LogP contribution in [-0.2, 0) is 9.59 Å². The van der Waals surface area contributed by atoms with Crippen molar-refractivity contribution in [3.05, 3.63) is 0 Å². The molecular weight excluding hydrogens is 250 g/mol. The van der Waals surface area contributed by atoms with Crippen LogP contribution in [0.4, 0.5) is 4.79 Å². The van der Waals surface area contributed by atoms with E-state index in [0.717, 1.165) is 25.9 Å². The molecule has 0 spiro atoms. The molecule has 3 N–H and O–H groups in total. The number of amides is 3. The molecule has 3 amide bonds. The summed E-state index contributed by atoms with van der Waals surface area (Å²) in [5, 5.41) is 13.6. The Bertz CT molecular complexity index is 353. The number of aliphatic carboxylic acids is 1. The Kier molecular flexibility index (Phi) is 5.59. The van der Waals surface area contributed by atoms with Crippen molar-refractivity contribution in [1.29, 1.82) is 0 Å². The maximum atomic E-state index is 11.9. The van der Waals surface area contributed by atoms with Crippen LogP contribution in [0.25, 0.3) is 0 Å². The number of likely N-dealkylation sites (tertiary alicyclic amines) is 1. The average Bonchev–Trinajstić information content (AvgIpc) is 2.88. The number of urea groups is 1. The van der Waals surface area contributed by atoms with Crippen molar-refractivity contribution in [2.75, 3.05) is 19.6 Å². The van der Waals surface area contributed by atoms with E-state index < -0.39 is 24.0 Å². The largest absolute Gasteiger partial charge is 0.481 e. The van der Waals surface area contributed by atoms with E-state index in [4.69, 9.17) is 5.11 Å². The first-order valence-corrected chi connectivity index (χ1v) is 6.47. The number of carbonyl (C=O) groups is 3. The summed E-state index contributed by atoms with van der Waals surface area (Å²) < 4.78 is 0. The summed E-state index contributed by atoms with van der Waals surface area (Å²) in [6.07, 6.45) is 2.00. The molecule has 2 atom stereocenters. The molecule has 7 heteroatoms. The maximum Gasteiger partial charge on any atom is 0.315 e. The fraction of sp³-hybridized carbons (Fsp3) is 0.750. The van der Waals surface area contributed by atoms with Gasteiger partial charge in [-0.2, -0.15) is 0 Å². The van der Waals surface area contributed by atoms with Gasteiger partial charge in [-0.25, -0.2) is 4.79 Å². The minimum Gasteiger partial charge on any atom is -0.481 e. The van der Waals surface area contributed by atoms with Crippen molar-refractivity contribution in [3.8, 4) is 0 Å². The topological polar surface area (TPSA) is 98.7 Å². The Morgan fingerprint density at radius 3 is 2.32 bits per heavy atom. The summed E-state index contributed by atoms with van der Waals surface area (Å²) >= 11 is 0. The van der Waals surface area contributed by atoms with Crippen molar-refractivity contribution in [1.82, 2.24) is 15.5 Å². The normalized spacial score (nSPS) is 17.7. The highest BCUT2D eigenvalue weighted by Crippen LogP contribution is 2.08. The molecule has 0 bridgehead atoms. The molecule has 1 aliphatic rings. The molecule has 1 fully saturated rings. The van der Waals surface area contributed by atoms with E-state index in [0.29, 0.717) is 0 Å². The lowest BCUT2D eigenvalue weighted by molar-refractivity contribution is -0.140. The van der Waals surface area contributed by atoms with Crippen LogP contribution < -0.4 is 10.6 Å². The number of carboxylic acid groups (broad SMARTS) is 1. The van der Waals surface area contributed by atoms with Gasteiger partial charge in [0.2, 0.25) is 5.91 Å². The standard InChI is InChI=1S/C12H21N3O4/c1-8(11(17)18)7-13-12(19)14-9(2)10(16)15-5-3-4-6-15/h8-9H,3-7H2,1-2H3,(H,17,18)(H2,13,14,19). The van der Waals surface area contributed by atoms with Gasteiger partial charge in [0, 0.05) is 19.6 Å². The summed E-state index contributed by atoms with van der Waals surface area (Å²) in [7, 11) is 0. The molecule has 1 saturated heterocycles. The number of nitrogens with zero attached hydrogens (tertiary/aromatic N) is 1. The van der Waals surface area contributed by atoms with Gasteiger partial charge in [-0.1, -0.05) is 6.92 Å². The minimum atomic E-state index is -0.971. The highest BCUT2D eigenvalue weighted by Gasteiger charge is 2.24. The third-order valence-corrected chi connectivity index (χ3v) is 3.13. The number of carbonyl (C=O) groups excluding carboxylic acids is 2. The van der Waals surface area contributed by atoms with E-state index in [9.17, 15) is 14.4 Å². The number of nitrogens with one attached hydrogen (secondary N) is 2. The Hall–Kier alpha value is -1.79. The van der Waals surface area contributed by atoms with Crippen molar-refractivity contribution in [2.24, 2.45) is 5.92 Å². The quantitative estimate of drug-likeness (QED) is 0.656. The number of hydrogen-bond acceptors (Lipinski definition) is 3. The summed E-state index contributed by atoms with van der Waals surface area (Å²) in [6.45, 7) is 4.64. The monoisotopic (exact) mass is 271 g/mol. The average molecular weight is 271 g/mol. The van der Waals surface area contributed by atoms with Crippen LogP contribution in [0.15, 0.2) is 0 Å². The SMILES string of the molecule is CC(CNC(=O)NC(C)C(=O)N1CCCC1)C(=O)O. The summed E-state index contributed by atoms with van der Waals surface area (Å²) in [6, 6.07) is -1.12. The van der Waals surface area contributed by atoms with Crippen molar-refractivity contribution >= 4 is 17.9 Å². The fourth-order valence-corrected chi connectivity index (χ4v) is 1.85. The molecule has 1 aliphatic heterocycles. The molecule has 0 aromatic heterocycles. The van der Waals surface area contributed by atoms with Gasteiger partial charge in [-0.05, 0) is 19.8 Å². The highest BCUT2D eigenvalue weighted by atomic mass is 16.4. The van der Waals surface area contributed by atoms with Crippen LogP contribution in [0, 0.1) is 5.92 Å². The zero-order valence-electron chi connectivity index (χ0n) is 11.3. The molecule has 0 radical (unpaired) electrons. The second-order valence-electron chi connectivity index (χ2n) is 4.85. The first-order chi connectivity index (χ1) is 8.91. The minimum absolute atomic E-state index is 0.0335. The highest BCUT2D eigenvalue weighted by molar-refractivity contribution is 5.87. The first-order valence-electron chi connectivity index (χ1n) is 6.47. The van der Waals surface area contributed by atoms with Crippen molar-refractivity contribution in [2.45, 2.75) is 32.7 Å². The predicted octanol–water partition coefficient (Wildman–Crippen LogP) is 0.0172. The fourth-order valence-electron chi connectivity index (χ4n) is 1.85. The van der Waals surface area contributed by atoms with Crippen molar-refractivity contribution < 1.29 is 19.5 Å². The van der Waals surface area contributed by atoms with Crippen LogP contribution in [0.1, 0.15) is 26.7 Å². The summed E-state index contributed by atoms with van der Waals surface area (Å²) in [5.74, 6) is -1.73. The number of rotatable bonds is 5. The van der Waals surface area contributed by atoms with Gasteiger partial charge in [-0.15, -0.1) is 0 Å². The van der Waals surface area contributed by atoms with E-state index in [-0.39, 0.29) is 12.5 Å². The maximum absolute atomic E-state index is 11.9. The van der Waals surface area contributed by atoms with E-state index >= 15 is 0 Å². The van der Waals surface area contributed by atoms with E-state index in [1.54, 1.807) is 11.8 Å².